The predicted molar refractivity (Wildman–Crippen MR) is 99.4 cm³/mol. The number of nitro benzene ring substituents is 1. The van der Waals surface area contributed by atoms with E-state index in [0.29, 0.717) is 51.6 Å². The number of sulfonamides is 1. The molecule has 0 saturated carbocycles. The Bertz CT molecular complexity index is 779. The number of benzene rings is 1. The van der Waals surface area contributed by atoms with Gasteiger partial charge in [-0.2, -0.15) is 4.31 Å². The van der Waals surface area contributed by atoms with Crippen molar-refractivity contribution >= 4 is 27.1 Å². The fourth-order valence-electron chi connectivity index (χ4n) is 3.59. The van der Waals surface area contributed by atoms with Crippen LogP contribution in [0.4, 0.5) is 17.1 Å². The fraction of sp³-hybridized carbons (Fsp3) is 0.625. The van der Waals surface area contributed by atoms with Crippen LogP contribution in [0.5, 0.6) is 0 Å². The van der Waals surface area contributed by atoms with Crippen LogP contribution in [0.3, 0.4) is 0 Å². The van der Waals surface area contributed by atoms with Gasteiger partial charge in [0.1, 0.15) is 5.69 Å². The number of rotatable bonds is 4. The Kier molecular flexibility index (Phi) is 5.35. The summed E-state index contributed by atoms with van der Waals surface area (Å²) in [5.41, 5.74) is 1.55. The van der Waals surface area contributed by atoms with Crippen molar-refractivity contribution in [1.29, 1.82) is 0 Å². The molecule has 1 aromatic carbocycles. The summed E-state index contributed by atoms with van der Waals surface area (Å²) < 4.78 is 30.5. The molecular formula is C16H24N4O5S. The summed E-state index contributed by atoms with van der Waals surface area (Å²) in [6.07, 6.45) is 1.22. The third-order valence-electron chi connectivity index (χ3n) is 4.87. The molecule has 1 atom stereocenters. The first kappa shape index (κ1) is 18.9. The lowest BCUT2D eigenvalue weighted by molar-refractivity contribution is -0.384. The van der Waals surface area contributed by atoms with Crippen molar-refractivity contribution in [3.05, 3.63) is 28.3 Å². The highest BCUT2D eigenvalue weighted by Crippen LogP contribution is 2.34. The first-order chi connectivity index (χ1) is 12.3. The zero-order valence-corrected chi connectivity index (χ0v) is 15.8. The second kappa shape index (κ2) is 7.37. The summed E-state index contributed by atoms with van der Waals surface area (Å²) in [6, 6.07) is 4.96. The van der Waals surface area contributed by atoms with Crippen LogP contribution in [-0.2, 0) is 14.8 Å². The van der Waals surface area contributed by atoms with E-state index < -0.39 is 10.0 Å². The second-order valence-corrected chi connectivity index (χ2v) is 8.63. The van der Waals surface area contributed by atoms with Gasteiger partial charge in [0.2, 0.25) is 10.0 Å². The minimum Gasteiger partial charge on any atom is -0.378 e. The number of nitro groups is 1. The quantitative estimate of drug-likeness (QED) is 0.562. The van der Waals surface area contributed by atoms with Gasteiger partial charge in [0.15, 0.2) is 0 Å². The zero-order valence-electron chi connectivity index (χ0n) is 15.0. The third kappa shape index (κ3) is 3.92. The molecular weight excluding hydrogens is 360 g/mol. The molecule has 0 N–H and O–H groups in total. The van der Waals surface area contributed by atoms with Crippen LogP contribution < -0.4 is 9.80 Å². The summed E-state index contributed by atoms with van der Waals surface area (Å²) in [7, 11) is -3.23. The summed E-state index contributed by atoms with van der Waals surface area (Å²) in [5, 5.41) is 11.4. The summed E-state index contributed by atoms with van der Waals surface area (Å²) in [5.74, 6) is 0. The van der Waals surface area contributed by atoms with Crippen LogP contribution in [0.2, 0.25) is 0 Å². The zero-order chi connectivity index (χ0) is 18.9. The minimum atomic E-state index is -3.23. The molecule has 2 saturated heterocycles. The molecule has 0 bridgehead atoms. The summed E-state index contributed by atoms with van der Waals surface area (Å²) >= 11 is 0. The van der Waals surface area contributed by atoms with Gasteiger partial charge in [-0.1, -0.05) is 0 Å². The normalized spacial score (nSPS) is 22.5. The summed E-state index contributed by atoms with van der Waals surface area (Å²) in [6.45, 7) is 5.71. The number of anilines is 2. The van der Waals surface area contributed by atoms with E-state index in [0.717, 1.165) is 5.69 Å². The Morgan fingerprint density at radius 3 is 2.42 bits per heavy atom. The van der Waals surface area contributed by atoms with Crippen molar-refractivity contribution in [1.82, 2.24) is 4.31 Å². The molecule has 2 heterocycles. The summed E-state index contributed by atoms with van der Waals surface area (Å²) in [4.78, 5) is 15.1. The number of nitrogens with zero attached hydrogens (tertiary/aromatic N) is 4. The van der Waals surface area contributed by atoms with Crippen LogP contribution in [-0.4, -0.2) is 75.9 Å². The van der Waals surface area contributed by atoms with Gasteiger partial charge in [0, 0.05) is 50.5 Å². The van der Waals surface area contributed by atoms with Gasteiger partial charge in [-0.25, -0.2) is 8.42 Å². The molecule has 2 aliphatic heterocycles. The predicted octanol–water partition coefficient (Wildman–Crippen LogP) is 0.902. The minimum absolute atomic E-state index is 0.0819. The van der Waals surface area contributed by atoms with Crippen LogP contribution in [0.1, 0.15) is 6.92 Å². The highest BCUT2D eigenvalue weighted by Gasteiger charge is 2.31. The monoisotopic (exact) mass is 384 g/mol. The molecule has 0 radical (unpaired) electrons. The van der Waals surface area contributed by atoms with Crippen molar-refractivity contribution in [3.8, 4) is 0 Å². The van der Waals surface area contributed by atoms with Crippen molar-refractivity contribution in [2.45, 2.75) is 13.0 Å². The Labute approximate surface area is 153 Å². The van der Waals surface area contributed by atoms with Crippen LogP contribution in [0.15, 0.2) is 18.2 Å². The average Bonchev–Trinajstić information content (AvgIpc) is 2.60. The van der Waals surface area contributed by atoms with Gasteiger partial charge in [-0.05, 0) is 19.1 Å². The van der Waals surface area contributed by atoms with Crippen molar-refractivity contribution < 1.29 is 18.1 Å². The molecule has 1 unspecified atom stereocenters. The number of piperazine rings is 1. The van der Waals surface area contributed by atoms with E-state index in [4.69, 9.17) is 4.74 Å². The van der Waals surface area contributed by atoms with Gasteiger partial charge in [0.05, 0.1) is 24.4 Å². The van der Waals surface area contributed by atoms with Crippen molar-refractivity contribution in [3.63, 3.8) is 0 Å². The lowest BCUT2D eigenvalue weighted by atomic mass is 10.1. The molecule has 2 aliphatic rings. The van der Waals surface area contributed by atoms with Gasteiger partial charge in [-0.15, -0.1) is 0 Å². The maximum atomic E-state index is 11.8. The standard InChI is InChI=1S/C16H24N4O5S/c1-13-12-18(5-6-19(13)26(2,23)24)14-3-4-15(20(21)22)16(11-14)17-7-9-25-10-8-17/h3-4,11,13H,5-10,12H2,1-2H3. The molecule has 0 aliphatic carbocycles. The van der Waals surface area contributed by atoms with E-state index in [1.54, 1.807) is 6.07 Å². The van der Waals surface area contributed by atoms with Crippen LogP contribution >= 0.6 is 0 Å². The molecule has 0 amide bonds. The van der Waals surface area contributed by atoms with Crippen LogP contribution in [0, 0.1) is 10.1 Å². The third-order valence-corrected chi connectivity index (χ3v) is 6.26. The topological polar surface area (TPSA) is 96.2 Å². The number of morpholine rings is 1. The van der Waals surface area contributed by atoms with Crippen molar-refractivity contribution in [2.75, 3.05) is 62.0 Å². The molecule has 10 heteroatoms. The van der Waals surface area contributed by atoms with Gasteiger partial charge in [0.25, 0.3) is 5.69 Å². The average molecular weight is 384 g/mol. The van der Waals surface area contributed by atoms with E-state index in [1.807, 2.05) is 17.9 Å². The van der Waals surface area contributed by atoms with Gasteiger partial charge in [-0.3, -0.25) is 10.1 Å². The lowest BCUT2D eigenvalue weighted by Gasteiger charge is -2.39. The molecule has 0 aromatic heterocycles. The van der Waals surface area contributed by atoms with E-state index in [1.165, 1.54) is 16.6 Å². The largest absolute Gasteiger partial charge is 0.378 e. The maximum Gasteiger partial charge on any atom is 0.292 e. The van der Waals surface area contributed by atoms with E-state index in [9.17, 15) is 18.5 Å². The van der Waals surface area contributed by atoms with Crippen LogP contribution in [0.25, 0.3) is 0 Å². The Morgan fingerprint density at radius 1 is 1.15 bits per heavy atom. The van der Waals surface area contributed by atoms with Gasteiger partial charge >= 0.3 is 0 Å². The molecule has 2 fully saturated rings. The first-order valence-electron chi connectivity index (χ1n) is 8.60. The molecule has 26 heavy (non-hydrogen) atoms. The van der Waals surface area contributed by atoms with E-state index >= 15 is 0 Å². The maximum absolute atomic E-state index is 11.8. The van der Waals surface area contributed by atoms with Crippen molar-refractivity contribution in [2.24, 2.45) is 0 Å². The highest BCUT2D eigenvalue weighted by molar-refractivity contribution is 7.88. The smallest absolute Gasteiger partial charge is 0.292 e. The molecule has 0 spiro atoms. The molecule has 9 nitrogen and oxygen atoms in total. The molecule has 1 aromatic rings. The molecule has 144 valence electrons. The molecule has 3 rings (SSSR count). The Hall–Kier alpha value is -1.91. The highest BCUT2D eigenvalue weighted by atomic mass is 32.2. The number of hydrogen-bond donors (Lipinski definition) is 0. The second-order valence-electron chi connectivity index (χ2n) is 6.70. The number of ether oxygens (including phenoxy) is 1. The SMILES string of the molecule is CC1CN(c2ccc([N+](=O)[O-])c(N3CCOCC3)c2)CCN1S(C)(=O)=O. The Balaban J connectivity index is 1.86. The fourth-order valence-corrected chi connectivity index (χ4v) is 4.72. The Morgan fingerprint density at radius 2 is 1.85 bits per heavy atom. The first-order valence-corrected chi connectivity index (χ1v) is 10.4. The van der Waals surface area contributed by atoms with Gasteiger partial charge < -0.3 is 14.5 Å². The number of hydrogen-bond acceptors (Lipinski definition) is 7. The van der Waals surface area contributed by atoms with E-state index in [-0.39, 0.29) is 16.7 Å². The lowest BCUT2D eigenvalue weighted by Crippen LogP contribution is -2.53. The van der Waals surface area contributed by atoms with E-state index in [2.05, 4.69) is 4.90 Å².